The number of hydrogen-bond acceptors (Lipinski definition) is 3. The Morgan fingerprint density at radius 2 is 1.83 bits per heavy atom. The van der Waals surface area contributed by atoms with Gasteiger partial charge in [0.2, 0.25) is 0 Å². The number of pyridine rings is 1. The van der Waals surface area contributed by atoms with Gasteiger partial charge in [-0.05, 0) is 42.8 Å². The van der Waals surface area contributed by atoms with Crippen molar-refractivity contribution in [1.29, 1.82) is 0 Å². The predicted octanol–water partition coefficient (Wildman–Crippen LogP) is 3.01. The lowest BCUT2D eigenvalue weighted by Crippen LogP contribution is -2.12. The molecule has 4 heteroatoms. The Labute approximate surface area is 106 Å². The number of nitrogens with zero attached hydrogens (tertiary/aromatic N) is 2. The lowest BCUT2D eigenvalue weighted by Gasteiger charge is -2.18. The lowest BCUT2D eigenvalue weighted by molar-refractivity contribution is 0.628. The highest BCUT2D eigenvalue weighted by molar-refractivity contribution is 5.58. The Morgan fingerprint density at radius 1 is 1.17 bits per heavy atom. The minimum absolute atomic E-state index is 0.0253. The van der Waals surface area contributed by atoms with Gasteiger partial charge in [-0.3, -0.25) is 0 Å². The summed E-state index contributed by atoms with van der Waals surface area (Å²) in [5.41, 5.74) is 7.65. The lowest BCUT2D eigenvalue weighted by atomic mass is 10.1. The average molecular weight is 245 g/mol. The molecule has 1 heterocycles. The van der Waals surface area contributed by atoms with Crippen LogP contribution in [0.5, 0.6) is 0 Å². The maximum atomic E-state index is 12.8. The summed E-state index contributed by atoms with van der Waals surface area (Å²) >= 11 is 0. The Bertz CT molecular complexity index is 506. The first-order valence-corrected chi connectivity index (χ1v) is 5.79. The molecule has 3 nitrogen and oxygen atoms in total. The fourth-order valence-corrected chi connectivity index (χ4v) is 1.66. The van der Waals surface area contributed by atoms with E-state index >= 15 is 0 Å². The van der Waals surface area contributed by atoms with E-state index in [0.717, 1.165) is 17.1 Å². The summed E-state index contributed by atoms with van der Waals surface area (Å²) in [5, 5.41) is 0. The molecule has 0 amide bonds. The Kier molecular flexibility index (Phi) is 3.58. The zero-order chi connectivity index (χ0) is 13.1. The molecule has 2 rings (SSSR count). The van der Waals surface area contributed by atoms with Crippen molar-refractivity contribution >= 4 is 11.5 Å². The topological polar surface area (TPSA) is 42.1 Å². The second-order valence-electron chi connectivity index (χ2n) is 4.27. The smallest absolute Gasteiger partial charge is 0.132 e. The van der Waals surface area contributed by atoms with Crippen LogP contribution in [-0.2, 0) is 0 Å². The van der Waals surface area contributed by atoms with E-state index in [0.29, 0.717) is 0 Å². The third-order valence-electron chi connectivity index (χ3n) is 2.85. The molecular weight excluding hydrogens is 229 g/mol. The van der Waals surface area contributed by atoms with Crippen molar-refractivity contribution in [2.24, 2.45) is 5.73 Å². The van der Waals surface area contributed by atoms with Crippen molar-refractivity contribution in [2.45, 2.75) is 13.0 Å². The third kappa shape index (κ3) is 2.65. The molecule has 0 aliphatic rings. The van der Waals surface area contributed by atoms with Crippen LogP contribution in [0.3, 0.4) is 0 Å². The zero-order valence-corrected chi connectivity index (χ0v) is 10.5. The number of rotatable bonds is 3. The molecule has 18 heavy (non-hydrogen) atoms. The summed E-state index contributed by atoms with van der Waals surface area (Å²) in [6, 6.07) is 10.1. The Morgan fingerprint density at radius 3 is 2.33 bits per heavy atom. The zero-order valence-electron chi connectivity index (χ0n) is 10.5. The quantitative estimate of drug-likeness (QED) is 0.903. The van der Waals surface area contributed by atoms with Crippen LogP contribution in [0, 0.1) is 5.82 Å². The van der Waals surface area contributed by atoms with Crippen molar-refractivity contribution in [1.82, 2.24) is 4.98 Å². The van der Waals surface area contributed by atoms with Gasteiger partial charge >= 0.3 is 0 Å². The van der Waals surface area contributed by atoms with Crippen molar-refractivity contribution in [2.75, 3.05) is 11.9 Å². The minimum Gasteiger partial charge on any atom is -0.329 e. The van der Waals surface area contributed by atoms with E-state index in [-0.39, 0.29) is 11.9 Å². The van der Waals surface area contributed by atoms with Gasteiger partial charge in [-0.2, -0.15) is 0 Å². The van der Waals surface area contributed by atoms with Gasteiger partial charge in [0.05, 0.1) is 0 Å². The van der Waals surface area contributed by atoms with Gasteiger partial charge in [-0.15, -0.1) is 0 Å². The monoisotopic (exact) mass is 245 g/mol. The number of anilines is 2. The third-order valence-corrected chi connectivity index (χ3v) is 2.85. The predicted molar refractivity (Wildman–Crippen MR) is 71.3 cm³/mol. The van der Waals surface area contributed by atoms with E-state index in [1.165, 1.54) is 12.1 Å². The van der Waals surface area contributed by atoms with Gasteiger partial charge in [0.1, 0.15) is 11.6 Å². The summed E-state index contributed by atoms with van der Waals surface area (Å²) < 4.78 is 12.8. The normalized spacial score (nSPS) is 12.2. The average Bonchev–Trinajstić information content (AvgIpc) is 2.39. The van der Waals surface area contributed by atoms with Gasteiger partial charge in [-0.1, -0.05) is 6.07 Å². The highest BCUT2D eigenvalue weighted by Crippen LogP contribution is 2.22. The van der Waals surface area contributed by atoms with E-state index < -0.39 is 0 Å². The van der Waals surface area contributed by atoms with Gasteiger partial charge in [0.25, 0.3) is 0 Å². The molecule has 1 aromatic carbocycles. The van der Waals surface area contributed by atoms with Gasteiger partial charge in [-0.25, -0.2) is 9.37 Å². The molecule has 0 aliphatic carbocycles. The summed E-state index contributed by atoms with van der Waals surface area (Å²) in [6.45, 7) is 1.92. The van der Waals surface area contributed by atoms with Crippen LogP contribution >= 0.6 is 0 Å². The van der Waals surface area contributed by atoms with E-state index in [1.807, 2.05) is 31.0 Å². The molecule has 94 valence electrons. The molecule has 2 aromatic rings. The molecule has 0 fully saturated rings. The minimum atomic E-state index is -0.243. The van der Waals surface area contributed by atoms with Crippen LogP contribution in [0.2, 0.25) is 0 Å². The second kappa shape index (κ2) is 5.14. The molecule has 0 aliphatic heterocycles. The van der Waals surface area contributed by atoms with Crippen LogP contribution < -0.4 is 10.6 Å². The number of aromatic nitrogens is 1. The van der Waals surface area contributed by atoms with E-state index in [9.17, 15) is 4.39 Å². The molecule has 0 saturated carbocycles. The van der Waals surface area contributed by atoms with Crippen LogP contribution in [0.25, 0.3) is 0 Å². The van der Waals surface area contributed by atoms with E-state index in [2.05, 4.69) is 4.98 Å². The van der Waals surface area contributed by atoms with Crippen molar-refractivity contribution in [3.05, 3.63) is 54.0 Å². The summed E-state index contributed by atoms with van der Waals surface area (Å²) in [5.74, 6) is 0.554. The summed E-state index contributed by atoms with van der Waals surface area (Å²) in [7, 11) is 1.89. The fraction of sp³-hybridized carbons (Fsp3) is 0.214. The van der Waals surface area contributed by atoms with Crippen LogP contribution in [0.4, 0.5) is 15.9 Å². The molecule has 0 unspecified atom stereocenters. The highest BCUT2D eigenvalue weighted by Gasteiger charge is 2.06. The van der Waals surface area contributed by atoms with E-state index in [1.54, 1.807) is 18.3 Å². The molecule has 2 N–H and O–H groups in total. The van der Waals surface area contributed by atoms with Crippen molar-refractivity contribution in [3.63, 3.8) is 0 Å². The standard InChI is InChI=1S/C14H16FN3/c1-10(16)11-3-8-14(17-9-11)18(2)13-6-4-12(15)5-7-13/h3-10H,16H2,1-2H3/t10-/m0/s1. The first-order chi connectivity index (χ1) is 8.58. The number of halogens is 1. The summed E-state index contributed by atoms with van der Waals surface area (Å²) in [4.78, 5) is 6.24. The van der Waals surface area contributed by atoms with Crippen LogP contribution in [0.1, 0.15) is 18.5 Å². The van der Waals surface area contributed by atoms with Crippen LogP contribution in [-0.4, -0.2) is 12.0 Å². The molecular formula is C14H16FN3. The molecule has 0 saturated heterocycles. The van der Waals surface area contributed by atoms with Crippen molar-refractivity contribution < 1.29 is 4.39 Å². The molecule has 0 radical (unpaired) electrons. The first kappa shape index (κ1) is 12.5. The summed E-state index contributed by atoms with van der Waals surface area (Å²) in [6.07, 6.45) is 1.76. The number of nitrogens with two attached hydrogens (primary N) is 1. The van der Waals surface area contributed by atoms with Gasteiger partial charge in [0, 0.05) is 25.0 Å². The first-order valence-electron chi connectivity index (χ1n) is 5.79. The Balaban J connectivity index is 2.23. The fourth-order valence-electron chi connectivity index (χ4n) is 1.66. The highest BCUT2D eigenvalue weighted by atomic mass is 19.1. The molecule has 0 bridgehead atoms. The molecule has 1 atom stereocenters. The second-order valence-corrected chi connectivity index (χ2v) is 4.27. The Hall–Kier alpha value is -1.94. The van der Waals surface area contributed by atoms with E-state index in [4.69, 9.17) is 5.73 Å². The van der Waals surface area contributed by atoms with Gasteiger partial charge < -0.3 is 10.6 Å². The number of hydrogen-bond donors (Lipinski definition) is 1. The van der Waals surface area contributed by atoms with Crippen LogP contribution in [0.15, 0.2) is 42.6 Å². The van der Waals surface area contributed by atoms with Gasteiger partial charge in [0.15, 0.2) is 0 Å². The van der Waals surface area contributed by atoms with Crippen molar-refractivity contribution in [3.8, 4) is 0 Å². The maximum Gasteiger partial charge on any atom is 0.132 e. The molecule has 1 aromatic heterocycles. The largest absolute Gasteiger partial charge is 0.329 e. The number of benzene rings is 1. The molecule has 0 spiro atoms. The maximum absolute atomic E-state index is 12.8. The SMILES string of the molecule is C[C@H](N)c1ccc(N(C)c2ccc(F)cc2)nc1.